The first-order valence-corrected chi connectivity index (χ1v) is 7.28. The maximum atomic E-state index is 11.8. The third-order valence-corrected chi connectivity index (χ3v) is 3.73. The molecule has 19 heavy (non-hydrogen) atoms. The van der Waals surface area contributed by atoms with E-state index in [0.29, 0.717) is 0 Å². The van der Waals surface area contributed by atoms with Crippen LogP contribution >= 0.6 is 11.8 Å². The van der Waals surface area contributed by atoms with E-state index in [1.165, 1.54) is 4.90 Å². The summed E-state index contributed by atoms with van der Waals surface area (Å²) in [5.74, 6) is 0.929. The molecule has 4 nitrogen and oxygen atoms in total. The molecule has 0 heterocycles. The third kappa shape index (κ3) is 5.53. The summed E-state index contributed by atoms with van der Waals surface area (Å²) in [5.41, 5.74) is 0.814. The zero-order valence-corrected chi connectivity index (χ0v) is 12.8. The standard InChI is InChI=1S/C14H22N2O2S/c1-11(2)16(3)14(17)15-12-5-7-13(8-6-12)19-10-9-18-4/h5-8,11H,9-10H2,1-4H3,(H,15,17). The summed E-state index contributed by atoms with van der Waals surface area (Å²) in [6.07, 6.45) is 0. The predicted octanol–water partition coefficient (Wildman–Crippen LogP) is 3.30. The van der Waals surface area contributed by atoms with Crippen LogP contribution in [0.3, 0.4) is 0 Å². The minimum Gasteiger partial charge on any atom is -0.384 e. The third-order valence-electron chi connectivity index (χ3n) is 2.76. The number of hydrogen-bond donors (Lipinski definition) is 1. The summed E-state index contributed by atoms with van der Waals surface area (Å²) in [4.78, 5) is 14.7. The van der Waals surface area contributed by atoms with E-state index in [4.69, 9.17) is 4.74 Å². The Kier molecular flexibility index (Phi) is 6.73. The van der Waals surface area contributed by atoms with Gasteiger partial charge in [0.05, 0.1) is 6.61 Å². The highest BCUT2D eigenvalue weighted by molar-refractivity contribution is 7.99. The van der Waals surface area contributed by atoms with Crippen LogP contribution in [0.5, 0.6) is 0 Å². The van der Waals surface area contributed by atoms with E-state index in [9.17, 15) is 4.79 Å². The topological polar surface area (TPSA) is 41.6 Å². The van der Waals surface area contributed by atoms with E-state index in [1.54, 1.807) is 30.8 Å². The van der Waals surface area contributed by atoms with Gasteiger partial charge in [0.2, 0.25) is 0 Å². The first kappa shape index (κ1) is 15.9. The molecule has 106 valence electrons. The van der Waals surface area contributed by atoms with Gasteiger partial charge in [-0.3, -0.25) is 0 Å². The van der Waals surface area contributed by atoms with Gasteiger partial charge in [-0.15, -0.1) is 11.8 Å². The lowest BCUT2D eigenvalue weighted by Crippen LogP contribution is -2.36. The van der Waals surface area contributed by atoms with Crippen molar-refractivity contribution in [1.29, 1.82) is 0 Å². The monoisotopic (exact) mass is 282 g/mol. The quantitative estimate of drug-likeness (QED) is 0.643. The maximum absolute atomic E-state index is 11.8. The van der Waals surface area contributed by atoms with E-state index in [2.05, 4.69) is 5.32 Å². The zero-order valence-electron chi connectivity index (χ0n) is 12.0. The fraction of sp³-hybridized carbons (Fsp3) is 0.500. The molecule has 0 aromatic heterocycles. The Labute approximate surface area is 119 Å². The van der Waals surface area contributed by atoms with E-state index in [-0.39, 0.29) is 12.1 Å². The Morgan fingerprint density at radius 3 is 2.53 bits per heavy atom. The van der Waals surface area contributed by atoms with Crippen molar-refractivity contribution in [3.8, 4) is 0 Å². The Morgan fingerprint density at radius 2 is 2.00 bits per heavy atom. The Hall–Kier alpha value is -1.20. The molecule has 5 heteroatoms. The van der Waals surface area contributed by atoms with Crippen LogP contribution in [0.4, 0.5) is 10.5 Å². The summed E-state index contributed by atoms with van der Waals surface area (Å²) in [7, 11) is 3.49. The lowest BCUT2D eigenvalue weighted by molar-refractivity contribution is 0.211. The number of carbonyl (C=O) groups is 1. The minimum absolute atomic E-state index is 0.0882. The average Bonchev–Trinajstić information content (AvgIpc) is 2.40. The van der Waals surface area contributed by atoms with Gasteiger partial charge < -0.3 is 15.0 Å². The minimum atomic E-state index is -0.0882. The average molecular weight is 282 g/mol. The largest absolute Gasteiger partial charge is 0.384 e. The van der Waals surface area contributed by atoms with Gasteiger partial charge >= 0.3 is 6.03 Å². The highest BCUT2D eigenvalue weighted by atomic mass is 32.2. The number of benzene rings is 1. The fourth-order valence-corrected chi connectivity index (χ4v) is 2.14. The van der Waals surface area contributed by atoms with Crippen molar-refractivity contribution in [1.82, 2.24) is 4.90 Å². The molecule has 1 aromatic carbocycles. The molecule has 0 aliphatic heterocycles. The predicted molar refractivity (Wildman–Crippen MR) is 81.0 cm³/mol. The molecule has 0 radical (unpaired) electrons. The van der Waals surface area contributed by atoms with Crippen LogP contribution in [0.25, 0.3) is 0 Å². The Bertz CT molecular complexity index is 393. The van der Waals surface area contributed by atoms with Gasteiger partial charge in [-0.1, -0.05) is 0 Å². The number of nitrogens with zero attached hydrogens (tertiary/aromatic N) is 1. The van der Waals surface area contributed by atoms with Gasteiger partial charge in [-0.2, -0.15) is 0 Å². The molecule has 1 rings (SSSR count). The number of urea groups is 1. The molecule has 2 amide bonds. The molecular weight excluding hydrogens is 260 g/mol. The number of nitrogens with one attached hydrogen (secondary N) is 1. The van der Waals surface area contributed by atoms with Crippen LogP contribution in [0.15, 0.2) is 29.2 Å². The van der Waals surface area contributed by atoms with Crippen molar-refractivity contribution >= 4 is 23.5 Å². The van der Waals surface area contributed by atoms with Crippen LogP contribution < -0.4 is 5.32 Å². The number of methoxy groups -OCH3 is 1. The smallest absolute Gasteiger partial charge is 0.321 e. The van der Waals surface area contributed by atoms with Gasteiger partial charge in [-0.05, 0) is 38.1 Å². The number of rotatable bonds is 6. The molecule has 0 spiro atoms. The summed E-state index contributed by atoms with van der Waals surface area (Å²) in [6.45, 7) is 4.70. The van der Waals surface area contributed by atoms with Crippen molar-refractivity contribution in [2.24, 2.45) is 0 Å². The van der Waals surface area contributed by atoms with Crippen LogP contribution in [-0.2, 0) is 4.74 Å². The van der Waals surface area contributed by atoms with E-state index < -0.39 is 0 Å². The molecule has 0 fully saturated rings. The van der Waals surface area contributed by atoms with Gasteiger partial charge in [0.1, 0.15) is 0 Å². The van der Waals surface area contributed by atoms with Crippen molar-refractivity contribution in [3.63, 3.8) is 0 Å². The normalized spacial score (nSPS) is 10.6. The molecule has 1 N–H and O–H groups in total. The molecule has 0 bridgehead atoms. The first-order valence-electron chi connectivity index (χ1n) is 6.30. The number of thioether (sulfide) groups is 1. The van der Waals surface area contributed by atoms with Crippen molar-refractivity contribution in [2.45, 2.75) is 24.8 Å². The van der Waals surface area contributed by atoms with E-state index >= 15 is 0 Å². The lowest BCUT2D eigenvalue weighted by atomic mass is 10.3. The van der Waals surface area contributed by atoms with Crippen LogP contribution in [-0.4, -0.2) is 43.5 Å². The van der Waals surface area contributed by atoms with E-state index in [1.807, 2.05) is 38.1 Å². The van der Waals surface area contributed by atoms with Crippen molar-refractivity contribution in [3.05, 3.63) is 24.3 Å². The zero-order chi connectivity index (χ0) is 14.3. The highest BCUT2D eigenvalue weighted by Crippen LogP contribution is 2.20. The number of hydrogen-bond acceptors (Lipinski definition) is 3. The molecule has 0 aliphatic carbocycles. The lowest BCUT2D eigenvalue weighted by Gasteiger charge is -2.21. The molecule has 0 atom stereocenters. The molecule has 0 unspecified atom stereocenters. The van der Waals surface area contributed by atoms with E-state index in [0.717, 1.165) is 18.0 Å². The second-order valence-corrected chi connectivity index (χ2v) is 5.67. The second kappa shape index (κ2) is 8.07. The molecule has 0 saturated carbocycles. The van der Waals surface area contributed by atoms with Gasteiger partial charge in [0, 0.05) is 36.5 Å². The van der Waals surface area contributed by atoms with Gasteiger partial charge in [0.15, 0.2) is 0 Å². The van der Waals surface area contributed by atoms with Gasteiger partial charge in [0.25, 0.3) is 0 Å². The molecule has 0 saturated heterocycles. The summed E-state index contributed by atoms with van der Waals surface area (Å²) >= 11 is 1.74. The van der Waals surface area contributed by atoms with Crippen molar-refractivity contribution < 1.29 is 9.53 Å². The highest BCUT2D eigenvalue weighted by Gasteiger charge is 2.11. The second-order valence-electron chi connectivity index (χ2n) is 4.50. The van der Waals surface area contributed by atoms with Crippen LogP contribution in [0.2, 0.25) is 0 Å². The summed E-state index contributed by atoms with van der Waals surface area (Å²) < 4.78 is 5.01. The molecular formula is C14H22N2O2S. The summed E-state index contributed by atoms with van der Waals surface area (Å²) in [5, 5.41) is 2.87. The number of amides is 2. The van der Waals surface area contributed by atoms with Crippen molar-refractivity contribution in [2.75, 3.05) is 31.8 Å². The number of ether oxygens (including phenoxy) is 1. The molecule has 0 aliphatic rings. The van der Waals surface area contributed by atoms with Crippen LogP contribution in [0, 0.1) is 0 Å². The number of carbonyl (C=O) groups excluding carboxylic acids is 1. The maximum Gasteiger partial charge on any atom is 0.321 e. The first-order chi connectivity index (χ1) is 9.04. The van der Waals surface area contributed by atoms with Gasteiger partial charge in [-0.25, -0.2) is 4.79 Å². The summed E-state index contributed by atoms with van der Waals surface area (Å²) in [6, 6.07) is 7.94. The fourth-order valence-electron chi connectivity index (χ4n) is 1.32. The van der Waals surface area contributed by atoms with Crippen LogP contribution in [0.1, 0.15) is 13.8 Å². The Morgan fingerprint density at radius 1 is 1.37 bits per heavy atom. The number of anilines is 1. The molecule has 1 aromatic rings. The Balaban J connectivity index is 2.50. The SMILES string of the molecule is COCCSc1ccc(NC(=O)N(C)C(C)C)cc1.